The van der Waals surface area contributed by atoms with Gasteiger partial charge in [-0.25, -0.2) is 4.68 Å². The van der Waals surface area contributed by atoms with Crippen LogP contribution >= 0.6 is 11.3 Å². The number of ether oxygens (including phenoxy) is 1. The molecule has 0 aliphatic rings. The van der Waals surface area contributed by atoms with E-state index in [2.05, 4.69) is 17.0 Å². The first-order chi connectivity index (χ1) is 18.2. The van der Waals surface area contributed by atoms with Crippen molar-refractivity contribution in [2.24, 2.45) is 0 Å². The Morgan fingerprint density at radius 1 is 0.892 bits per heavy atom. The molecular weight excluding hydrogens is 482 g/mol. The summed E-state index contributed by atoms with van der Waals surface area (Å²) in [5.41, 5.74) is 4.20. The molecule has 3 aromatic carbocycles. The van der Waals surface area contributed by atoms with Crippen LogP contribution in [0.15, 0.2) is 95.9 Å². The molecule has 3 aromatic heterocycles. The minimum atomic E-state index is -0.201. The fourth-order valence-corrected chi connectivity index (χ4v) is 4.94. The zero-order valence-electron chi connectivity index (χ0n) is 20.1. The van der Waals surface area contributed by atoms with E-state index in [4.69, 9.17) is 9.84 Å². The molecule has 0 aliphatic carbocycles. The molecule has 0 fully saturated rings. The maximum absolute atomic E-state index is 13.3. The molecule has 0 aliphatic heterocycles. The predicted octanol–water partition coefficient (Wildman–Crippen LogP) is 5.01. The van der Waals surface area contributed by atoms with Gasteiger partial charge in [-0.2, -0.15) is 14.6 Å². The number of rotatable bonds is 7. The predicted molar refractivity (Wildman–Crippen MR) is 146 cm³/mol. The normalized spacial score (nSPS) is 11.9. The second kappa shape index (κ2) is 9.83. The average Bonchev–Trinajstić information content (AvgIpc) is 3.64. The Morgan fingerprint density at radius 2 is 1.62 bits per heavy atom. The molecule has 0 bridgehead atoms. The second-order valence-corrected chi connectivity index (χ2v) is 9.51. The van der Waals surface area contributed by atoms with E-state index < -0.39 is 0 Å². The van der Waals surface area contributed by atoms with Gasteiger partial charge in [-0.1, -0.05) is 66.8 Å². The average molecular weight is 506 g/mol. The van der Waals surface area contributed by atoms with Gasteiger partial charge < -0.3 is 4.74 Å². The van der Waals surface area contributed by atoms with Crippen molar-refractivity contribution < 1.29 is 4.74 Å². The molecule has 182 valence electrons. The lowest BCUT2D eigenvalue weighted by molar-refractivity contribution is 0.317. The summed E-state index contributed by atoms with van der Waals surface area (Å²) in [5.74, 6) is 1.32. The van der Waals surface area contributed by atoms with E-state index in [1.54, 1.807) is 0 Å². The molecule has 6 rings (SSSR count). The van der Waals surface area contributed by atoms with Crippen LogP contribution in [0.5, 0.6) is 5.75 Å². The smallest absolute Gasteiger partial charge is 0.291 e. The number of aromatic nitrogens is 5. The van der Waals surface area contributed by atoms with E-state index in [0.29, 0.717) is 21.9 Å². The first-order valence-corrected chi connectivity index (χ1v) is 12.9. The molecule has 37 heavy (non-hydrogen) atoms. The van der Waals surface area contributed by atoms with Crippen LogP contribution in [0.2, 0.25) is 0 Å². The summed E-state index contributed by atoms with van der Waals surface area (Å²) >= 11 is 1.32. The van der Waals surface area contributed by atoms with Crippen LogP contribution in [-0.2, 0) is 0 Å². The van der Waals surface area contributed by atoms with E-state index in [0.717, 1.165) is 40.2 Å². The molecule has 0 N–H and O–H groups in total. The van der Waals surface area contributed by atoms with Crippen molar-refractivity contribution in [3.8, 4) is 34.1 Å². The Bertz CT molecular complexity index is 1770. The van der Waals surface area contributed by atoms with E-state index >= 15 is 0 Å². The second-order valence-electron chi connectivity index (χ2n) is 8.50. The van der Waals surface area contributed by atoms with Crippen molar-refractivity contribution in [2.75, 3.05) is 6.61 Å². The molecular formula is C29H23N5O2S. The van der Waals surface area contributed by atoms with Crippen molar-refractivity contribution in [3.05, 3.63) is 112 Å². The third-order valence-corrected chi connectivity index (χ3v) is 6.82. The summed E-state index contributed by atoms with van der Waals surface area (Å²) in [5, 5.41) is 9.33. The summed E-state index contributed by atoms with van der Waals surface area (Å²) in [7, 11) is 0. The Labute approximate surface area is 216 Å². The number of fused-ring (bicyclic) bond motifs is 1. The Morgan fingerprint density at radius 3 is 2.32 bits per heavy atom. The van der Waals surface area contributed by atoms with Gasteiger partial charge in [0.1, 0.15) is 5.75 Å². The molecule has 0 radical (unpaired) electrons. The SMILES string of the molecule is CCCOc1ccc(-c2nc3s/c(=C\c4cn(-c5ccccc5)nc4-c4ccccc4)c(=O)n3n2)cc1. The van der Waals surface area contributed by atoms with Crippen LogP contribution in [0.4, 0.5) is 0 Å². The minimum absolute atomic E-state index is 0.201. The largest absolute Gasteiger partial charge is 0.494 e. The number of hydrogen-bond donors (Lipinski definition) is 0. The van der Waals surface area contributed by atoms with Gasteiger partial charge >= 0.3 is 0 Å². The van der Waals surface area contributed by atoms with Crippen molar-refractivity contribution in [1.29, 1.82) is 0 Å². The molecule has 0 atom stereocenters. The Hall–Kier alpha value is -4.56. The van der Waals surface area contributed by atoms with Crippen molar-refractivity contribution >= 4 is 22.4 Å². The number of para-hydroxylation sites is 1. The third kappa shape index (κ3) is 4.54. The van der Waals surface area contributed by atoms with E-state index in [-0.39, 0.29) is 5.56 Å². The lowest BCUT2D eigenvalue weighted by Gasteiger charge is -2.04. The molecule has 0 spiro atoms. The van der Waals surface area contributed by atoms with E-state index in [1.807, 2.05) is 102 Å². The molecule has 0 unspecified atom stereocenters. The minimum Gasteiger partial charge on any atom is -0.494 e. The highest BCUT2D eigenvalue weighted by molar-refractivity contribution is 7.15. The van der Waals surface area contributed by atoms with Crippen molar-refractivity contribution in [1.82, 2.24) is 24.4 Å². The van der Waals surface area contributed by atoms with Gasteiger partial charge in [0.15, 0.2) is 5.82 Å². The van der Waals surface area contributed by atoms with Crippen LogP contribution in [-0.4, -0.2) is 31.0 Å². The molecule has 6 aromatic rings. The van der Waals surface area contributed by atoms with Crippen molar-refractivity contribution in [2.45, 2.75) is 13.3 Å². The monoisotopic (exact) mass is 505 g/mol. The first-order valence-electron chi connectivity index (χ1n) is 12.0. The summed E-state index contributed by atoms with van der Waals surface area (Å²) in [6, 6.07) is 27.5. The molecule has 0 amide bonds. The highest BCUT2D eigenvalue weighted by Gasteiger charge is 2.15. The van der Waals surface area contributed by atoms with E-state index in [1.165, 1.54) is 15.9 Å². The van der Waals surface area contributed by atoms with Gasteiger partial charge in [0.2, 0.25) is 4.96 Å². The third-order valence-electron chi connectivity index (χ3n) is 5.86. The number of hydrogen-bond acceptors (Lipinski definition) is 6. The van der Waals surface area contributed by atoms with E-state index in [9.17, 15) is 4.79 Å². The molecule has 8 heteroatoms. The van der Waals surface area contributed by atoms with Gasteiger partial charge in [-0.05, 0) is 48.9 Å². The van der Waals surface area contributed by atoms with Gasteiger partial charge in [-0.3, -0.25) is 4.79 Å². The molecule has 7 nitrogen and oxygen atoms in total. The fraction of sp³-hybridized carbons (Fsp3) is 0.103. The number of thiazole rings is 1. The van der Waals surface area contributed by atoms with Gasteiger partial charge in [0.25, 0.3) is 5.56 Å². The lowest BCUT2D eigenvalue weighted by Crippen LogP contribution is -2.23. The Balaban J connectivity index is 1.40. The maximum atomic E-state index is 13.3. The number of nitrogens with zero attached hydrogens (tertiary/aromatic N) is 5. The molecule has 0 saturated heterocycles. The summed E-state index contributed by atoms with van der Waals surface area (Å²) in [6.07, 6.45) is 4.77. The van der Waals surface area contributed by atoms with Crippen molar-refractivity contribution in [3.63, 3.8) is 0 Å². The van der Waals surface area contributed by atoms with Crippen LogP contribution in [0, 0.1) is 0 Å². The topological polar surface area (TPSA) is 74.3 Å². The molecule has 0 saturated carbocycles. The lowest BCUT2D eigenvalue weighted by atomic mass is 10.1. The summed E-state index contributed by atoms with van der Waals surface area (Å²) in [6.45, 7) is 2.74. The standard InChI is InChI=1S/C29H23N5O2S/c1-2-17-36-24-15-13-21(14-16-24)27-30-29-34(32-27)28(35)25(37-29)18-22-19-33(23-11-7-4-8-12-23)31-26(22)20-9-5-3-6-10-20/h3-16,18-19H,2,17H2,1H3/b25-18-. The highest BCUT2D eigenvalue weighted by atomic mass is 32.1. The number of benzene rings is 3. The highest BCUT2D eigenvalue weighted by Crippen LogP contribution is 2.25. The summed E-state index contributed by atoms with van der Waals surface area (Å²) < 4.78 is 9.41. The fourth-order valence-electron chi connectivity index (χ4n) is 4.04. The summed E-state index contributed by atoms with van der Waals surface area (Å²) in [4.78, 5) is 18.4. The zero-order valence-corrected chi connectivity index (χ0v) is 20.9. The Kier molecular flexibility index (Phi) is 6.08. The first kappa shape index (κ1) is 22.9. The van der Waals surface area contributed by atoms with Gasteiger partial charge in [0.05, 0.1) is 22.5 Å². The van der Waals surface area contributed by atoms with Crippen LogP contribution in [0.25, 0.3) is 39.4 Å². The van der Waals surface area contributed by atoms with Gasteiger partial charge in [-0.15, -0.1) is 5.10 Å². The zero-order chi connectivity index (χ0) is 25.2. The maximum Gasteiger partial charge on any atom is 0.291 e. The van der Waals surface area contributed by atoms with Crippen LogP contribution < -0.4 is 14.8 Å². The van der Waals surface area contributed by atoms with Gasteiger partial charge in [0, 0.05) is 22.9 Å². The molecule has 3 heterocycles. The van der Waals surface area contributed by atoms with Crippen LogP contribution in [0.1, 0.15) is 18.9 Å². The quantitative estimate of drug-likeness (QED) is 0.305. The van der Waals surface area contributed by atoms with Crippen LogP contribution in [0.3, 0.4) is 0 Å².